The standard InChI is InChI=1S/C13H15N5O3/c1-13(4-2-7-20-13)12(19)16-8-9-17-11(18-21-9)10-14-5-3-6-15-10/h3,5-6H,2,4,7-8H2,1H3,(H,16,19)/t13-/m0/s1. The maximum absolute atomic E-state index is 12.1. The van der Waals surface area contributed by atoms with Crippen molar-refractivity contribution < 1.29 is 14.1 Å². The lowest BCUT2D eigenvalue weighted by Gasteiger charge is -2.21. The van der Waals surface area contributed by atoms with E-state index in [1.54, 1.807) is 25.4 Å². The number of hydrogen-bond donors (Lipinski definition) is 1. The summed E-state index contributed by atoms with van der Waals surface area (Å²) in [5, 5.41) is 6.53. The van der Waals surface area contributed by atoms with Gasteiger partial charge in [0.1, 0.15) is 5.60 Å². The largest absolute Gasteiger partial charge is 0.365 e. The van der Waals surface area contributed by atoms with Crippen LogP contribution in [0.2, 0.25) is 0 Å². The lowest BCUT2D eigenvalue weighted by Crippen LogP contribution is -2.43. The van der Waals surface area contributed by atoms with Gasteiger partial charge < -0.3 is 14.6 Å². The van der Waals surface area contributed by atoms with Crippen molar-refractivity contribution in [2.45, 2.75) is 31.9 Å². The van der Waals surface area contributed by atoms with Crippen molar-refractivity contribution in [3.8, 4) is 11.6 Å². The van der Waals surface area contributed by atoms with Crippen molar-refractivity contribution in [2.24, 2.45) is 0 Å². The molecule has 0 unspecified atom stereocenters. The van der Waals surface area contributed by atoms with Crippen LogP contribution in [-0.2, 0) is 16.1 Å². The predicted octanol–water partition coefficient (Wildman–Crippen LogP) is 0.712. The second-order valence-corrected chi connectivity index (χ2v) is 4.95. The molecule has 1 N–H and O–H groups in total. The highest BCUT2D eigenvalue weighted by molar-refractivity contribution is 5.84. The van der Waals surface area contributed by atoms with Crippen LogP contribution in [0, 0.1) is 0 Å². The highest BCUT2D eigenvalue weighted by Gasteiger charge is 2.37. The third kappa shape index (κ3) is 2.89. The second-order valence-electron chi connectivity index (χ2n) is 4.95. The second kappa shape index (κ2) is 5.57. The summed E-state index contributed by atoms with van der Waals surface area (Å²) in [6.45, 7) is 2.55. The summed E-state index contributed by atoms with van der Waals surface area (Å²) >= 11 is 0. The van der Waals surface area contributed by atoms with Crippen LogP contribution < -0.4 is 5.32 Å². The van der Waals surface area contributed by atoms with Crippen LogP contribution in [0.5, 0.6) is 0 Å². The predicted molar refractivity (Wildman–Crippen MR) is 70.8 cm³/mol. The van der Waals surface area contributed by atoms with Gasteiger partial charge in [-0.2, -0.15) is 4.98 Å². The quantitative estimate of drug-likeness (QED) is 0.884. The number of rotatable bonds is 4. The molecule has 110 valence electrons. The molecule has 1 amide bonds. The van der Waals surface area contributed by atoms with Crippen molar-refractivity contribution in [2.75, 3.05) is 6.61 Å². The molecule has 0 aliphatic carbocycles. The van der Waals surface area contributed by atoms with Gasteiger partial charge >= 0.3 is 0 Å². The number of carbonyl (C=O) groups is 1. The molecule has 0 bridgehead atoms. The summed E-state index contributed by atoms with van der Waals surface area (Å²) in [6.07, 6.45) is 4.79. The molecule has 3 heterocycles. The highest BCUT2D eigenvalue weighted by atomic mass is 16.5. The lowest BCUT2D eigenvalue weighted by atomic mass is 10.0. The van der Waals surface area contributed by atoms with Gasteiger partial charge in [0.2, 0.25) is 17.5 Å². The van der Waals surface area contributed by atoms with E-state index >= 15 is 0 Å². The fourth-order valence-corrected chi connectivity index (χ4v) is 2.13. The first-order chi connectivity index (χ1) is 10.2. The van der Waals surface area contributed by atoms with Crippen molar-refractivity contribution in [1.82, 2.24) is 25.4 Å². The molecule has 8 nitrogen and oxygen atoms in total. The van der Waals surface area contributed by atoms with Crippen LogP contribution in [0.25, 0.3) is 11.6 Å². The normalized spacial score (nSPS) is 21.4. The van der Waals surface area contributed by atoms with E-state index in [4.69, 9.17) is 9.26 Å². The van der Waals surface area contributed by atoms with Crippen LogP contribution >= 0.6 is 0 Å². The maximum Gasteiger partial charge on any atom is 0.252 e. The Hall–Kier alpha value is -2.35. The number of nitrogens with one attached hydrogen (secondary N) is 1. The monoisotopic (exact) mass is 289 g/mol. The van der Waals surface area contributed by atoms with E-state index in [2.05, 4.69) is 25.4 Å². The van der Waals surface area contributed by atoms with Crippen molar-refractivity contribution >= 4 is 5.91 Å². The molecule has 21 heavy (non-hydrogen) atoms. The third-order valence-corrected chi connectivity index (χ3v) is 3.33. The highest BCUT2D eigenvalue weighted by Crippen LogP contribution is 2.25. The summed E-state index contributed by atoms with van der Waals surface area (Å²) in [5.41, 5.74) is -0.759. The molecule has 1 aliphatic rings. The Morgan fingerprint density at radius 2 is 2.19 bits per heavy atom. The fourth-order valence-electron chi connectivity index (χ4n) is 2.13. The van der Waals surface area contributed by atoms with Gasteiger partial charge in [-0.3, -0.25) is 4.79 Å². The van der Waals surface area contributed by atoms with Gasteiger partial charge in [0.15, 0.2) is 0 Å². The molecule has 1 atom stereocenters. The molecule has 3 rings (SSSR count). The van der Waals surface area contributed by atoms with Gasteiger partial charge in [-0.1, -0.05) is 5.16 Å². The van der Waals surface area contributed by atoms with E-state index < -0.39 is 5.60 Å². The van der Waals surface area contributed by atoms with Gasteiger partial charge in [-0.05, 0) is 25.8 Å². The Bertz CT molecular complexity index is 622. The van der Waals surface area contributed by atoms with E-state index in [1.807, 2.05) is 0 Å². The number of hydrogen-bond acceptors (Lipinski definition) is 7. The third-order valence-electron chi connectivity index (χ3n) is 3.33. The van der Waals surface area contributed by atoms with Crippen LogP contribution in [0.4, 0.5) is 0 Å². The molecule has 8 heteroatoms. The number of ether oxygens (including phenoxy) is 1. The maximum atomic E-state index is 12.1. The molecular formula is C13H15N5O3. The number of carbonyl (C=O) groups excluding carboxylic acids is 1. The first-order valence-corrected chi connectivity index (χ1v) is 6.70. The van der Waals surface area contributed by atoms with Crippen molar-refractivity contribution in [1.29, 1.82) is 0 Å². The van der Waals surface area contributed by atoms with Gasteiger partial charge in [-0.15, -0.1) is 0 Å². The lowest BCUT2D eigenvalue weighted by molar-refractivity contribution is -0.139. The van der Waals surface area contributed by atoms with Crippen LogP contribution in [0.3, 0.4) is 0 Å². The molecule has 2 aromatic heterocycles. The molecule has 0 aromatic carbocycles. The molecule has 2 aromatic rings. The Labute approximate surface area is 120 Å². The Morgan fingerprint density at radius 1 is 1.38 bits per heavy atom. The average molecular weight is 289 g/mol. The van der Waals surface area contributed by atoms with E-state index in [1.165, 1.54) is 0 Å². The van der Waals surface area contributed by atoms with Crippen molar-refractivity contribution in [3.05, 3.63) is 24.4 Å². The first-order valence-electron chi connectivity index (χ1n) is 6.70. The zero-order valence-corrected chi connectivity index (χ0v) is 11.6. The van der Waals surface area contributed by atoms with Gasteiger partial charge in [0.05, 0.1) is 6.54 Å². The molecule has 0 spiro atoms. The minimum atomic E-state index is -0.759. The topological polar surface area (TPSA) is 103 Å². The summed E-state index contributed by atoms with van der Waals surface area (Å²) in [7, 11) is 0. The number of amides is 1. The zero-order chi connectivity index (χ0) is 14.7. The van der Waals surface area contributed by atoms with Crippen LogP contribution in [0.15, 0.2) is 23.0 Å². The molecule has 1 fully saturated rings. The number of aromatic nitrogens is 4. The van der Waals surface area contributed by atoms with Crippen LogP contribution in [-0.4, -0.2) is 38.2 Å². The molecule has 0 saturated carbocycles. The summed E-state index contributed by atoms with van der Waals surface area (Å²) in [5.74, 6) is 0.802. The molecule has 1 saturated heterocycles. The van der Waals surface area contributed by atoms with Gasteiger partial charge in [-0.25, -0.2) is 9.97 Å². The Kier molecular flexibility index (Phi) is 3.61. The summed E-state index contributed by atoms with van der Waals surface area (Å²) in [4.78, 5) is 24.3. The van der Waals surface area contributed by atoms with E-state index in [9.17, 15) is 4.79 Å². The average Bonchev–Trinajstić information content (AvgIpc) is 3.15. The van der Waals surface area contributed by atoms with E-state index in [-0.39, 0.29) is 12.5 Å². The summed E-state index contributed by atoms with van der Waals surface area (Å²) in [6, 6.07) is 1.70. The molecule has 0 radical (unpaired) electrons. The SMILES string of the molecule is C[C@@]1(C(=O)NCc2nc(-c3ncccn3)no2)CCCO1. The Balaban J connectivity index is 1.62. The molecule has 1 aliphatic heterocycles. The van der Waals surface area contributed by atoms with Gasteiger partial charge in [0, 0.05) is 19.0 Å². The van der Waals surface area contributed by atoms with E-state index in [0.29, 0.717) is 30.6 Å². The molecular weight excluding hydrogens is 274 g/mol. The zero-order valence-electron chi connectivity index (χ0n) is 11.6. The minimum absolute atomic E-state index is 0.150. The number of nitrogens with zero attached hydrogens (tertiary/aromatic N) is 4. The smallest absolute Gasteiger partial charge is 0.252 e. The van der Waals surface area contributed by atoms with Crippen LogP contribution in [0.1, 0.15) is 25.7 Å². The van der Waals surface area contributed by atoms with E-state index in [0.717, 1.165) is 6.42 Å². The fraction of sp³-hybridized carbons (Fsp3) is 0.462. The minimum Gasteiger partial charge on any atom is -0.365 e. The summed E-state index contributed by atoms with van der Waals surface area (Å²) < 4.78 is 10.5. The first kappa shape index (κ1) is 13.6. The van der Waals surface area contributed by atoms with Gasteiger partial charge in [0.25, 0.3) is 5.91 Å². The van der Waals surface area contributed by atoms with Crippen molar-refractivity contribution in [3.63, 3.8) is 0 Å². The Morgan fingerprint density at radius 3 is 2.90 bits per heavy atom.